The highest BCUT2D eigenvalue weighted by molar-refractivity contribution is 5.70. The van der Waals surface area contributed by atoms with E-state index in [2.05, 4.69) is 77.9 Å². The molecule has 0 atom stereocenters. The molecule has 0 bridgehead atoms. The summed E-state index contributed by atoms with van der Waals surface area (Å²) in [5.41, 5.74) is 3.59. The van der Waals surface area contributed by atoms with Gasteiger partial charge in [0.05, 0.1) is 0 Å². The van der Waals surface area contributed by atoms with Crippen LogP contribution in [0.25, 0.3) is 18.2 Å². The summed E-state index contributed by atoms with van der Waals surface area (Å²) in [5, 5.41) is 0. The number of nitrogens with zero attached hydrogens (tertiary/aromatic N) is 1. The van der Waals surface area contributed by atoms with Crippen LogP contribution in [-0.4, -0.2) is 4.98 Å². The van der Waals surface area contributed by atoms with Crippen LogP contribution in [0.5, 0.6) is 0 Å². The van der Waals surface area contributed by atoms with Gasteiger partial charge < -0.3 is 0 Å². The van der Waals surface area contributed by atoms with Gasteiger partial charge in [-0.15, -0.1) is 0 Å². The van der Waals surface area contributed by atoms with Crippen LogP contribution in [0.3, 0.4) is 0 Å². The molecular weight excluding hydrogens is 254 g/mol. The fourth-order valence-electron chi connectivity index (χ4n) is 2.18. The van der Waals surface area contributed by atoms with Gasteiger partial charge in [-0.1, -0.05) is 72.9 Å². The molecule has 21 heavy (non-hydrogen) atoms. The Hall–Kier alpha value is -2.67. The Labute approximate surface area is 125 Å². The quantitative estimate of drug-likeness (QED) is 0.762. The van der Waals surface area contributed by atoms with E-state index in [-0.39, 0.29) is 0 Å². The maximum absolute atomic E-state index is 4.01. The zero-order chi connectivity index (χ0) is 14.3. The van der Waals surface area contributed by atoms with Crippen molar-refractivity contribution in [2.75, 3.05) is 0 Å². The SMILES string of the molecule is C1=CC(/C=C/c2ccc(/C=C\c3ccncc3)cc2)C=C1. The Morgan fingerprint density at radius 1 is 0.667 bits per heavy atom. The molecule has 3 rings (SSSR count). The van der Waals surface area contributed by atoms with Crippen LogP contribution < -0.4 is 0 Å². The van der Waals surface area contributed by atoms with Crippen LogP contribution in [0.15, 0.2) is 79.2 Å². The molecule has 102 valence electrons. The van der Waals surface area contributed by atoms with Crippen molar-refractivity contribution in [3.63, 3.8) is 0 Å². The molecule has 0 radical (unpaired) electrons. The number of allylic oxidation sites excluding steroid dienone is 5. The molecule has 1 nitrogen and oxygen atoms in total. The van der Waals surface area contributed by atoms with Crippen molar-refractivity contribution in [3.8, 4) is 0 Å². The van der Waals surface area contributed by atoms with E-state index in [4.69, 9.17) is 0 Å². The molecule has 2 aromatic rings. The number of aromatic nitrogens is 1. The summed E-state index contributed by atoms with van der Waals surface area (Å²) in [6.07, 6.45) is 20.7. The fourth-order valence-corrected chi connectivity index (χ4v) is 2.18. The van der Waals surface area contributed by atoms with E-state index in [0.717, 1.165) is 5.56 Å². The van der Waals surface area contributed by atoms with Gasteiger partial charge in [0.1, 0.15) is 0 Å². The molecule has 0 amide bonds. The Morgan fingerprint density at radius 2 is 1.19 bits per heavy atom. The zero-order valence-corrected chi connectivity index (χ0v) is 11.8. The van der Waals surface area contributed by atoms with Crippen molar-refractivity contribution >= 4 is 18.2 Å². The van der Waals surface area contributed by atoms with Gasteiger partial charge in [-0.2, -0.15) is 0 Å². The number of hydrogen-bond acceptors (Lipinski definition) is 1. The third-order valence-corrected chi connectivity index (χ3v) is 3.40. The smallest absolute Gasteiger partial charge is 0.0273 e. The van der Waals surface area contributed by atoms with Crippen molar-refractivity contribution in [2.24, 2.45) is 5.92 Å². The number of pyridine rings is 1. The minimum absolute atomic E-state index is 0.441. The molecule has 0 N–H and O–H groups in total. The summed E-state index contributed by atoms with van der Waals surface area (Å²) in [6.45, 7) is 0. The molecule has 0 saturated carbocycles. The van der Waals surface area contributed by atoms with E-state index in [1.807, 2.05) is 12.1 Å². The lowest BCUT2D eigenvalue weighted by molar-refractivity contribution is 1.10. The first-order valence-electron chi connectivity index (χ1n) is 7.11. The largest absolute Gasteiger partial charge is 0.265 e. The fraction of sp³-hybridized carbons (Fsp3) is 0.0500. The van der Waals surface area contributed by atoms with Gasteiger partial charge in [0, 0.05) is 18.3 Å². The molecule has 1 aromatic heterocycles. The lowest BCUT2D eigenvalue weighted by Crippen LogP contribution is -1.81. The molecule has 1 heterocycles. The van der Waals surface area contributed by atoms with Gasteiger partial charge in [0.2, 0.25) is 0 Å². The predicted octanol–water partition coefficient (Wildman–Crippen LogP) is 5.01. The van der Waals surface area contributed by atoms with Crippen molar-refractivity contribution in [1.29, 1.82) is 0 Å². The molecule has 0 aliphatic heterocycles. The average Bonchev–Trinajstić information content (AvgIpc) is 3.06. The summed E-state index contributed by atoms with van der Waals surface area (Å²) < 4.78 is 0. The average molecular weight is 271 g/mol. The van der Waals surface area contributed by atoms with Crippen molar-refractivity contribution < 1.29 is 0 Å². The second-order valence-electron chi connectivity index (χ2n) is 4.99. The van der Waals surface area contributed by atoms with Crippen LogP contribution in [0.1, 0.15) is 16.7 Å². The Balaban J connectivity index is 1.65. The highest BCUT2D eigenvalue weighted by Gasteiger charge is 1.97. The van der Waals surface area contributed by atoms with Crippen LogP contribution in [0.4, 0.5) is 0 Å². The van der Waals surface area contributed by atoms with E-state index in [0.29, 0.717) is 5.92 Å². The van der Waals surface area contributed by atoms with Gasteiger partial charge >= 0.3 is 0 Å². The maximum Gasteiger partial charge on any atom is 0.0273 e. The van der Waals surface area contributed by atoms with Crippen LogP contribution in [0, 0.1) is 5.92 Å². The second kappa shape index (κ2) is 6.67. The first-order chi connectivity index (χ1) is 10.4. The van der Waals surface area contributed by atoms with Gasteiger partial charge in [-0.25, -0.2) is 0 Å². The second-order valence-corrected chi connectivity index (χ2v) is 4.99. The minimum atomic E-state index is 0.441. The number of benzene rings is 1. The standard InChI is InChI=1S/C20H17N/c1-2-4-17(3-1)5-6-18-7-9-19(10-8-18)11-12-20-13-15-21-16-14-20/h1-17H/b6-5+,12-11-. The molecule has 1 heteroatoms. The lowest BCUT2D eigenvalue weighted by Gasteiger charge is -1.98. The van der Waals surface area contributed by atoms with Gasteiger partial charge in [-0.3, -0.25) is 4.98 Å². The van der Waals surface area contributed by atoms with Crippen LogP contribution in [-0.2, 0) is 0 Å². The number of hydrogen-bond donors (Lipinski definition) is 0. The molecule has 0 fully saturated rings. The number of rotatable bonds is 4. The summed E-state index contributed by atoms with van der Waals surface area (Å²) >= 11 is 0. The van der Waals surface area contributed by atoms with Crippen LogP contribution in [0.2, 0.25) is 0 Å². The first-order valence-corrected chi connectivity index (χ1v) is 7.11. The summed E-state index contributed by atoms with van der Waals surface area (Å²) in [6, 6.07) is 12.6. The van der Waals surface area contributed by atoms with E-state index in [1.165, 1.54) is 11.1 Å². The molecule has 1 aliphatic carbocycles. The normalized spacial score (nSPS) is 14.7. The van der Waals surface area contributed by atoms with Crippen molar-refractivity contribution in [3.05, 3.63) is 95.9 Å². The highest BCUT2D eigenvalue weighted by Crippen LogP contribution is 2.14. The summed E-state index contributed by atoms with van der Waals surface area (Å²) in [5.74, 6) is 0.441. The van der Waals surface area contributed by atoms with Gasteiger partial charge in [0.15, 0.2) is 0 Å². The van der Waals surface area contributed by atoms with Crippen molar-refractivity contribution in [1.82, 2.24) is 4.98 Å². The van der Waals surface area contributed by atoms with E-state index < -0.39 is 0 Å². The Kier molecular flexibility index (Phi) is 4.23. The molecule has 0 unspecified atom stereocenters. The van der Waals surface area contributed by atoms with Gasteiger partial charge in [0.25, 0.3) is 0 Å². The lowest BCUT2D eigenvalue weighted by atomic mass is 10.1. The topological polar surface area (TPSA) is 12.9 Å². The first kappa shape index (κ1) is 13.3. The molecular formula is C20H17N. The molecule has 0 saturated heterocycles. The zero-order valence-electron chi connectivity index (χ0n) is 11.8. The summed E-state index contributed by atoms with van der Waals surface area (Å²) in [4.78, 5) is 4.01. The highest BCUT2D eigenvalue weighted by atomic mass is 14.6. The van der Waals surface area contributed by atoms with Crippen LogP contribution >= 0.6 is 0 Å². The van der Waals surface area contributed by atoms with Gasteiger partial charge in [-0.05, 0) is 28.8 Å². The van der Waals surface area contributed by atoms with E-state index >= 15 is 0 Å². The minimum Gasteiger partial charge on any atom is -0.265 e. The summed E-state index contributed by atoms with van der Waals surface area (Å²) in [7, 11) is 0. The Bertz CT molecular complexity index is 676. The molecule has 0 spiro atoms. The van der Waals surface area contributed by atoms with E-state index in [1.54, 1.807) is 12.4 Å². The molecule has 1 aromatic carbocycles. The predicted molar refractivity (Wildman–Crippen MR) is 90.4 cm³/mol. The molecule has 1 aliphatic rings. The maximum atomic E-state index is 4.01. The van der Waals surface area contributed by atoms with E-state index in [9.17, 15) is 0 Å². The Morgan fingerprint density at radius 3 is 1.81 bits per heavy atom. The third kappa shape index (κ3) is 3.90. The monoisotopic (exact) mass is 271 g/mol. The van der Waals surface area contributed by atoms with Crippen molar-refractivity contribution in [2.45, 2.75) is 0 Å². The third-order valence-electron chi connectivity index (χ3n) is 3.40.